The van der Waals surface area contributed by atoms with E-state index in [9.17, 15) is 9.36 Å². The van der Waals surface area contributed by atoms with Crippen LogP contribution in [0.4, 0.5) is 0 Å². The van der Waals surface area contributed by atoms with Crippen molar-refractivity contribution in [3.8, 4) is 11.5 Å². The van der Waals surface area contributed by atoms with Crippen LogP contribution >= 0.6 is 8.46 Å². The third-order valence-corrected chi connectivity index (χ3v) is 5.47. The summed E-state index contributed by atoms with van der Waals surface area (Å²) in [7, 11) is 3.10. The molecule has 27 heavy (non-hydrogen) atoms. The summed E-state index contributed by atoms with van der Waals surface area (Å²) in [5.74, 6) is 0.753. The molecule has 0 radical (unpaired) electrons. The summed E-state index contributed by atoms with van der Waals surface area (Å²) in [6, 6.07) is 12.7. The van der Waals surface area contributed by atoms with Crippen LogP contribution in [0.2, 0.25) is 0 Å². The number of rotatable bonds is 11. The minimum atomic E-state index is -0.192. The lowest BCUT2D eigenvalue weighted by molar-refractivity contribution is 0.103. The quantitative estimate of drug-likeness (QED) is 0.261. The van der Waals surface area contributed by atoms with Gasteiger partial charge in [0.25, 0.3) is 0 Å². The molecule has 0 amide bonds. The standard InChI is InChI=1S/C22H27O4P/c1-4-5-6-7-15-20(27-24)16-11-8-9-12-17(16)22(23)21-18(25-2)13-10-14-19(21)26-3/h8-14,20H,4-7,15H2,1-3H3. The van der Waals surface area contributed by atoms with Crippen molar-refractivity contribution in [2.24, 2.45) is 0 Å². The Morgan fingerprint density at radius 3 is 2.22 bits per heavy atom. The fourth-order valence-electron chi connectivity index (χ4n) is 3.23. The Kier molecular flexibility index (Phi) is 8.47. The van der Waals surface area contributed by atoms with E-state index in [0.29, 0.717) is 22.6 Å². The molecular weight excluding hydrogens is 359 g/mol. The molecule has 0 saturated heterocycles. The molecule has 0 heterocycles. The van der Waals surface area contributed by atoms with E-state index < -0.39 is 0 Å². The Labute approximate surface area is 163 Å². The number of hydrogen-bond acceptors (Lipinski definition) is 4. The second-order valence-corrected chi connectivity index (χ2v) is 7.26. The van der Waals surface area contributed by atoms with Crippen LogP contribution in [0.5, 0.6) is 11.5 Å². The molecule has 144 valence electrons. The zero-order valence-corrected chi connectivity index (χ0v) is 17.1. The van der Waals surface area contributed by atoms with Gasteiger partial charge in [-0.15, -0.1) is 0 Å². The first kappa shape index (κ1) is 21.1. The van der Waals surface area contributed by atoms with Crippen molar-refractivity contribution in [2.45, 2.75) is 44.7 Å². The molecule has 0 aromatic heterocycles. The van der Waals surface area contributed by atoms with E-state index in [2.05, 4.69) is 6.92 Å². The van der Waals surface area contributed by atoms with Crippen LogP contribution in [0, 0.1) is 0 Å². The maximum atomic E-state index is 13.4. The number of carbonyl (C=O) groups is 1. The maximum absolute atomic E-state index is 13.4. The Morgan fingerprint density at radius 2 is 1.63 bits per heavy atom. The van der Waals surface area contributed by atoms with Gasteiger partial charge < -0.3 is 9.47 Å². The molecule has 1 unspecified atom stereocenters. The molecule has 0 aliphatic heterocycles. The van der Waals surface area contributed by atoms with Crippen molar-refractivity contribution in [2.75, 3.05) is 14.2 Å². The van der Waals surface area contributed by atoms with E-state index in [1.165, 1.54) is 20.6 Å². The van der Waals surface area contributed by atoms with E-state index in [-0.39, 0.29) is 19.9 Å². The summed E-state index contributed by atoms with van der Waals surface area (Å²) in [6.07, 6.45) is 5.22. The topological polar surface area (TPSA) is 52.6 Å². The third kappa shape index (κ3) is 5.17. The van der Waals surface area contributed by atoms with Crippen molar-refractivity contribution in [3.05, 3.63) is 59.2 Å². The third-order valence-electron chi connectivity index (χ3n) is 4.68. The number of ketones is 1. The van der Waals surface area contributed by atoms with Crippen molar-refractivity contribution < 1.29 is 18.8 Å². The largest absolute Gasteiger partial charge is 0.496 e. The monoisotopic (exact) mass is 386 g/mol. The van der Waals surface area contributed by atoms with Crippen LogP contribution in [0.1, 0.15) is 66.2 Å². The van der Waals surface area contributed by atoms with E-state index in [4.69, 9.17) is 9.47 Å². The second-order valence-electron chi connectivity index (χ2n) is 6.42. The van der Waals surface area contributed by atoms with Crippen LogP contribution in [-0.4, -0.2) is 20.0 Å². The highest BCUT2D eigenvalue weighted by molar-refractivity contribution is 7.24. The van der Waals surface area contributed by atoms with Gasteiger partial charge in [0.15, 0.2) is 8.46 Å². The summed E-state index contributed by atoms with van der Waals surface area (Å²) in [6.45, 7) is 2.16. The molecule has 0 N–H and O–H groups in total. The highest BCUT2D eigenvalue weighted by Crippen LogP contribution is 2.37. The normalized spacial score (nSPS) is 12.0. The maximum Gasteiger partial charge on any atom is 0.200 e. The smallest absolute Gasteiger partial charge is 0.200 e. The molecule has 2 rings (SSSR count). The van der Waals surface area contributed by atoms with Crippen LogP contribution in [0.15, 0.2) is 42.5 Å². The first-order valence-corrected chi connectivity index (χ1v) is 10.2. The summed E-state index contributed by atoms with van der Waals surface area (Å²) in [4.78, 5) is 13.4. The van der Waals surface area contributed by atoms with Crippen LogP contribution in [0.3, 0.4) is 0 Å². The van der Waals surface area contributed by atoms with E-state index in [0.717, 1.165) is 31.2 Å². The first-order chi connectivity index (χ1) is 13.2. The molecule has 2 aromatic rings. The van der Waals surface area contributed by atoms with E-state index >= 15 is 0 Å². The average Bonchev–Trinajstić information content (AvgIpc) is 2.72. The first-order valence-electron chi connectivity index (χ1n) is 9.35. The SMILES string of the molecule is CCCCCCC(P=O)c1ccccc1C(=O)c1c(OC)cccc1OC. The molecule has 0 aliphatic rings. The van der Waals surface area contributed by atoms with Gasteiger partial charge in [-0.05, 0) is 24.1 Å². The van der Waals surface area contributed by atoms with Gasteiger partial charge in [0, 0.05) is 5.56 Å². The molecule has 4 nitrogen and oxygen atoms in total. The molecular formula is C22H27O4P. The molecule has 2 aromatic carbocycles. The zero-order chi connectivity index (χ0) is 19.6. The summed E-state index contributed by atoms with van der Waals surface area (Å²) < 4.78 is 22.6. The van der Waals surface area contributed by atoms with Crippen molar-refractivity contribution in [1.29, 1.82) is 0 Å². The number of hydrogen-bond donors (Lipinski definition) is 0. The number of methoxy groups -OCH3 is 2. The molecule has 0 saturated carbocycles. The fourth-order valence-corrected chi connectivity index (χ4v) is 3.86. The van der Waals surface area contributed by atoms with E-state index in [1.54, 1.807) is 24.3 Å². The highest BCUT2D eigenvalue weighted by atomic mass is 31.1. The fraction of sp³-hybridized carbons (Fsp3) is 0.409. The Hall–Kier alpha value is -2.19. The molecule has 0 bridgehead atoms. The van der Waals surface area contributed by atoms with Crippen LogP contribution < -0.4 is 9.47 Å². The van der Waals surface area contributed by atoms with Crippen LogP contribution in [0.25, 0.3) is 0 Å². The molecule has 5 heteroatoms. The molecule has 1 atom stereocenters. The van der Waals surface area contributed by atoms with Gasteiger partial charge in [0.2, 0.25) is 5.78 Å². The molecule has 0 fully saturated rings. The number of carbonyl (C=O) groups excluding carboxylic acids is 1. The summed E-state index contributed by atoms with van der Waals surface area (Å²) in [5, 5.41) is 0. The molecule has 0 aliphatic carbocycles. The Morgan fingerprint density at radius 1 is 0.963 bits per heavy atom. The number of unbranched alkanes of at least 4 members (excludes halogenated alkanes) is 3. The summed E-state index contributed by atoms with van der Waals surface area (Å²) >= 11 is 0. The molecule has 0 spiro atoms. The zero-order valence-electron chi connectivity index (χ0n) is 16.2. The lowest BCUT2D eigenvalue weighted by Gasteiger charge is -2.17. The predicted molar refractivity (Wildman–Crippen MR) is 109 cm³/mol. The number of benzene rings is 2. The van der Waals surface area contributed by atoms with Gasteiger partial charge in [-0.3, -0.25) is 9.36 Å². The van der Waals surface area contributed by atoms with Gasteiger partial charge in [-0.1, -0.05) is 62.9 Å². The minimum absolute atomic E-state index is 0.0392. The van der Waals surface area contributed by atoms with Crippen LogP contribution in [-0.2, 0) is 4.57 Å². The Bertz CT molecular complexity index is 750. The van der Waals surface area contributed by atoms with Crippen molar-refractivity contribution >= 4 is 14.2 Å². The second kappa shape index (κ2) is 10.8. The lowest BCUT2D eigenvalue weighted by atomic mass is 9.93. The van der Waals surface area contributed by atoms with Crippen molar-refractivity contribution in [1.82, 2.24) is 0 Å². The minimum Gasteiger partial charge on any atom is -0.496 e. The lowest BCUT2D eigenvalue weighted by Crippen LogP contribution is -2.10. The highest BCUT2D eigenvalue weighted by Gasteiger charge is 2.25. The van der Waals surface area contributed by atoms with E-state index in [1.807, 2.05) is 18.2 Å². The van der Waals surface area contributed by atoms with Gasteiger partial charge in [-0.25, -0.2) is 0 Å². The van der Waals surface area contributed by atoms with Gasteiger partial charge in [0.05, 0.1) is 19.9 Å². The van der Waals surface area contributed by atoms with Gasteiger partial charge in [0.1, 0.15) is 17.1 Å². The Balaban J connectivity index is 2.40. The van der Waals surface area contributed by atoms with Crippen molar-refractivity contribution in [3.63, 3.8) is 0 Å². The predicted octanol–water partition coefficient (Wildman–Crippen LogP) is 6.24. The average molecular weight is 386 g/mol. The number of ether oxygens (including phenoxy) is 2. The summed E-state index contributed by atoms with van der Waals surface area (Å²) in [5.41, 5.74) is 1.55. The van der Waals surface area contributed by atoms with Gasteiger partial charge >= 0.3 is 0 Å². The van der Waals surface area contributed by atoms with Gasteiger partial charge in [-0.2, -0.15) is 0 Å².